The molecule has 4 aromatic rings. The normalized spacial score (nSPS) is 13.3. The second-order valence-electron chi connectivity index (χ2n) is 15.1. The predicted octanol–water partition coefficient (Wildman–Crippen LogP) is 4.25. The Balaban J connectivity index is 0.000000272. The molecule has 4 heterocycles. The quantitative estimate of drug-likeness (QED) is 0.0575. The molecular weight excluding hydrogens is 897 g/mol. The van der Waals surface area contributed by atoms with Gasteiger partial charge in [0.25, 0.3) is 0 Å². The van der Waals surface area contributed by atoms with Crippen LogP contribution in [-0.2, 0) is 56.8 Å². The molecule has 0 spiro atoms. The van der Waals surface area contributed by atoms with Crippen molar-refractivity contribution in [3.05, 3.63) is 103 Å². The lowest BCUT2D eigenvalue weighted by Crippen LogP contribution is -2.32. The Morgan fingerprint density at radius 1 is 0.727 bits per heavy atom. The van der Waals surface area contributed by atoms with Gasteiger partial charge in [-0.3, -0.25) is 39.6 Å². The molecule has 0 bridgehead atoms. The van der Waals surface area contributed by atoms with Crippen molar-refractivity contribution < 1.29 is 37.3 Å². The molecule has 0 unspecified atom stereocenters. The van der Waals surface area contributed by atoms with Crippen molar-refractivity contribution in [3.63, 3.8) is 0 Å². The van der Waals surface area contributed by atoms with Crippen molar-refractivity contribution in [2.24, 2.45) is 0 Å². The van der Waals surface area contributed by atoms with Crippen LogP contribution < -0.4 is 21.3 Å². The molecule has 24 heteroatoms. The maximum atomic E-state index is 12.3. The van der Waals surface area contributed by atoms with Crippen LogP contribution in [0.4, 0.5) is 34.6 Å². The van der Waals surface area contributed by atoms with E-state index in [0.29, 0.717) is 0 Å². The van der Waals surface area contributed by atoms with Crippen LogP contribution in [0, 0.1) is 27.2 Å². The van der Waals surface area contributed by atoms with Gasteiger partial charge in [0.15, 0.2) is 5.82 Å². The molecule has 2 aromatic heterocycles. The zero-order chi connectivity index (χ0) is 48.2. The fourth-order valence-corrected chi connectivity index (χ4v) is 7.63. The van der Waals surface area contributed by atoms with Crippen molar-refractivity contribution in [1.29, 1.82) is 0 Å². The lowest BCUT2D eigenvalue weighted by atomic mass is 10.1. The minimum atomic E-state index is -0.750. The summed E-state index contributed by atoms with van der Waals surface area (Å²) in [6.07, 6.45) is 4.83. The van der Waals surface area contributed by atoms with E-state index in [0.717, 1.165) is 61.5 Å². The van der Waals surface area contributed by atoms with Gasteiger partial charge in [0.2, 0.25) is 23.3 Å². The van der Waals surface area contributed by atoms with E-state index in [-0.39, 0.29) is 74.3 Å². The summed E-state index contributed by atoms with van der Waals surface area (Å²) in [5.41, 5.74) is 14.8. The molecule has 66 heavy (non-hydrogen) atoms. The molecule has 6 rings (SSSR count). The number of rotatable bonds is 19. The summed E-state index contributed by atoms with van der Waals surface area (Å²) in [6.45, 7) is 11.4. The average Bonchev–Trinajstić information content (AvgIpc) is 3.98. The number of hydrogen-bond acceptors (Lipinski definition) is 21. The standard InChI is InChI=1S/C21H26N6O4S.C21H28N6O4.O2S/c1-2-31-18(28)13-26(21-19(27(29)30)20(22)23-17(14-32)24-21)12-16-7-5-6-15(10-16)11-25-8-3-4-9-25;1-3-31-18(28)14-26(21-19(27(29)30)20(22)23-15(2)24-21)13-17-8-6-7-16(11-17)12-25-9-4-5-10-25;1-3-2/h5-7,10,14H,2-4,8-9,11-13H2,1H3,(H2,22,23,24);6-8,11H,3-5,9-10,12-14H2,1-2H3,(H2,22,23,24);. The van der Waals surface area contributed by atoms with Crippen molar-refractivity contribution in [2.75, 3.05) is 73.7 Å². The summed E-state index contributed by atoms with van der Waals surface area (Å²) in [5.74, 6) is -1.29. The monoisotopic (exact) mass is 950 g/mol. The van der Waals surface area contributed by atoms with E-state index in [2.05, 4.69) is 41.9 Å². The highest BCUT2D eigenvalue weighted by molar-refractivity contribution is 7.79. The summed E-state index contributed by atoms with van der Waals surface area (Å²) in [5, 5.41) is 24.6. The Morgan fingerprint density at radius 2 is 1.12 bits per heavy atom. The van der Waals surface area contributed by atoms with Gasteiger partial charge in [-0.2, -0.15) is 8.42 Å². The van der Waals surface area contributed by atoms with Crippen LogP contribution >= 0.6 is 12.2 Å². The maximum absolute atomic E-state index is 12.3. The number of anilines is 4. The van der Waals surface area contributed by atoms with Crippen LogP contribution in [-0.4, -0.2) is 118 Å². The van der Waals surface area contributed by atoms with E-state index < -0.39 is 44.7 Å². The molecule has 4 N–H and O–H groups in total. The van der Waals surface area contributed by atoms with E-state index in [4.69, 9.17) is 41.6 Å². The minimum absolute atomic E-state index is 0.00741. The number of nitrogens with two attached hydrogens (primary N) is 2. The topological polar surface area (TPSA) is 290 Å². The third-order valence-electron chi connectivity index (χ3n) is 10.2. The van der Waals surface area contributed by atoms with E-state index in [1.54, 1.807) is 20.8 Å². The van der Waals surface area contributed by atoms with Crippen LogP contribution in [0.1, 0.15) is 73.4 Å². The number of hydrogen-bond donors (Lipinski definition) is 2. The Kier molecular flexibility index (Phi) is 20.8. The first kappa shape index (κ1) is 52.0. The molecule has 2 aliphatic rings. The first-order valence-corrected chi connectivity index (χ1v) is 22.2. The predicted molar refractivity (Wildman–Crippen MR) is 250 cm³/mol. The number of nitro groups is 2. The molecule has 22 nitrogen and oxygen atoms in total. The number of thiocarbonyl (C=S) groups is 1. The van der Waals surface area contributed by atoms with Crippen LogP contribution in [0.3, 0.4) is 0 Å². The summed E-state index contributed by atoms with van der Waals surface area (Å²) >= 11 is 4.14. The van der Waals surface area contributed by atoms with E-state index >= 15 is 0 Å². The van der Waals surface area contributed by atoms with Crippen molar-refractivity contribution in [3.8, 4) is 0 Å². The van der Waals surface area contributed by atoms with Crippen molar-refractivity contribution in [2.45, 2.75) is 72.6 Å². The van der Waals surface area contributed by atoms with Crippen LogP contribution in [0.25, 0.3) is 0 Å². The number of nitrogens with zero attached hydrogens (tertiary/aromatic N) is 10. The lowest BCUT2D eigenvalue weighted by molar-refractivity contribution is -0.383. The molecule has 2 aliphatic heterocycles. The first-order valence-electron chi connectivity index (χ1n) is 21.1. The number of aryl methyl sites for hydroxylation is 1. The molecule has 0 atom stereocenters. The second kappa shape index (κ2) is 26.4. The molecule has 0 saturated carbocycles. The first-order chi connectivity index (χ1) is 31.7. The van der Waals surface area contributed by atoms with Gasteiger partial charge in [0, 0.05) is 31.5 Å². The van der Waals surface area contributed by atoms with Gasteiger partial charge < -0.3 is 30.7 Å². The Bertz CT molecular complexity index is 2360. The van der Waals surface area contributed by atoms with Gasteiger partial charge >= 0.3 is 34.9 Å². The summed E-state index contributed by atoms with van der Waals surface area (Å²) in [6, 6.07) is 15.9. The van der Waals surface area contributed by atoms with Gasteiger partial charge in [0.05, 0.1) is 23.1 Å². The van der Waals surface area contributed by atoms with Gasteiger partial charge in [0.1, 0.15) is 18.9 Å². The zero-order valence-electron chi connectivity index (χ0n) is 37.0. The maximum Gasteiger partial charge on any atom is 0.353 e. The van der Waals surface area contributed by atoms with Crippen molar-refractivity contribution >= 4 is 75.7 Å². The largest absolute Gasteiger partial charge is 0.465 e. The highest BCUT2D eigenvalue weighted by Gasteiger charge is 2.30. The third-order valence-corrected chi connectivity index (χ3v) is 10.4. The summed E-state index contributed by atoms with van der Waals surface area (Å²) in [4.78, 5) is 70.7. The number of aromatic nitrogens is 4. The minimum Gasteiger partial charge on any atom is -0.465 e. The number of esters is 2. The van der Waals surface area contributed by atoms with E-state index in [9.17, 15) is 29.8 Å². The molecule has 0 radical (unpaired) electrons. The van der Waals surface area contributed by atoms with Crippen molar-refractivity contribution in [1.82, 2.24) is 29.7 Å². The van der Waals surface area contributed by atoms with Crippen LogP contribution in [0.5, 0.6) is 0 Å². The average molecular weight is 951 g/mol. The number of carbonyl (C=O) groups excluding carboxylic acids is 2. The van der Waals surface area contributed by atoms with Crippen LogP contribution in [0.15, 0.2) is 48.5 Å². The number of nitrogen functional groups attached to an aromatic ring is 2. The fourth-order valence-electron chi connectivity index (χ4n) is 7.52. The SMILES string of the molecule is CCOC(=O)CN(Cc1cccc(CN2CCCC2)c1)c1nc(C)nc(N)c1[N+](=O)[O-].CCOC(=O)CN(Cc1cccc(CN2CCCC2)c1)c1nc(C=S)nc(N)c1[N+](=O)[O-].O=S=O. The zero-order valence-corrected chi connectivity index (χ0v) is 38.7. The summed E-state index contributed by atoms with van der Waals surface area (Å²) in [7, 11) is 0. The third kappa shape index (κ3) is 15.8. The Hall–Kier alpha value is -6.63. The molecule has 2 saturated heterocycles. The van der Waals surface area contributed by atoms with Crippen LogP contribution in [0.2, 0.25) is 0 Å². The highest BCUT2D eigenvalue weighted by atomic mass is 32.1. The molecule has 2 fully saturated rings. The number of ether oxygens (including phenoxy) is 2. The Morgan fingerprint density at radius 3 is 1.52 bits per heavy atom. The number of benzene rings is 2. The molecular formula is C42H54N12O10S2. The highest BCUT2D eigenvalue weighted by Crippen LogP contribution is 2.33. The summed E-state index contributed by atoms with van der Waals surface area (Å²) < 4.78 is 26.7. The van der Waals surface area contributed by atoms with Gasteiger partial charge in [-0.25, -0.2) is 19.9 Å². The van der Waals surface area contributed by atoms with Gasteiger partial charge in [-0.1, -0.05) is 60.7 Å². The van der Waals surface area contributed by atoms with E-state index in [1.807, 2.05) is 36.4 Å². The molecule has 0 amide bonds. The van der Waals surface area contributed by atoms with Gasteiger partial charge in [-0.05, 0) is 94.9 Å². The second-order valence-corrected chi connectivity index (χ2v) is 15.5. The van der Waals surface area contributed by atoms with E-state index in [1.165, 1.54) is 40.9 Å². The molecule has 0 aliphatic carbocycles. The fraction of sp³-hybridized carbons (Fsp3) is 0.452. The smallest absolute Gasteiger partial charge is 0.353 e. The molecule has 354 valence electrons. The lowest BCUT2D eigenvalue weighted by Gasteiger charge is -2.23. The Labute approximate surface area is 390 Å². The molecule has 2 aromatic carbocycles. The number of carbonyl (C=O) groups is 2. The van der Waals surface area contributed by atoms with Gasteiger partial charge in [-0.15, -0.1) is 0 Å². The number of likely N-dealkylation sites (tertiary alicyclic amines) is 2.